The van der Waals surface area contributed by atoms with Gasteiger partial charge in [-0.15, -0.1) is 10.2 Å². The van der Waals surface area contributed by atoms with Crippen molar-refractivity contribution < 1.29 is 43.1 Å². The van der Waals surface area contributed by atoms with Gasteiger partial charge in [-0.3, -0.25) is 14.4 Å². The van der Waals surface area contributed by atoms with Crippen LogP contribution in [0.1, 0.15) is 35.2 Å². The van der Waals surface area contributed by atoms with Gasteiger partial charge in [0.15, 0.2) is 5.82 Å². The quantitative estimate of drug-likeness (QED) is 0.131. The summed E-state index contributed by atoms with van der Waals surface area (Å²) in [5, 5.41) is 22.9. The Bertz CT molecular complexity index is 1520. The second-order valence-electron chi connectivity index (χ2n) is 10.7. The molecule has 16 heteroatoms. The first kappa shape index (κ1) is 37.7. The zero-order valence-corrected chi connectivity index (χ0v) is 28.4. The van der Waals surface area contributed by atoms with Crippen LogP contribution in [0.25, 0.3) is 5.69 Å². The van der Waals surface area contributed by atoms with E-state index in [1.54, 1.807) is 7.11 Å². The molecule has 4 rings (SSSR count). The molecule has 1 atom stereocenters. The van der Waals surface area contributed by atoms with Gasteiger partial charge in [0.05, 0.1) is 91.0 Å². The van der Waals surface area contributed by atoms with Crippen molar-refractivity contribution in [2.24, 2.45) is 4.99 Å². The number of nitrogens with one attached hydrogen (secondary N) is 2. The first-order valence-electron chi connectivity index (χ1n) is 15.9. The molecule has 1 aliphatic heterocycles. The number of methoxy groups -OCH3 is 1. The number of hydrogen-bond acceptors (Lipinski definition) is 11. The Kier molecular flexibility index (Phi) is 15.7. The second-order valence-corrected chi connectivity index (χ2v) is 11.1. The maximum atomic E-state index is 13.1. The van der Waals surface area contributed by atoms with Gasteiger partial charge in [-0.2, -0.15) is 0 Å². The number of ether oxygens (including phenoxy) is 6. The molecule has 15 nitrogen and oxygen atoms in total. The lowest BCUT2D eigenvalue weighted by Gasteiger charge is -2.14. The van der Waals surface area contributed by atoms with Crippen molar-refractivity contribution in [1.82, 2.24) is 25.4 Å². The van der Waals surface area contributed by atoms with E-state index in [0.29, 0.717) is 101 Å². The van der Waals surface area contributed by atoms with Gasteiger partial charge in [0, 0.05) is 29.2 Å². The summed E-state index contributed by atoms with van der Waals surface area (Å²) in [6, 6.07) is 12.6. The van der Waals surface area contributed by atoms with Crippen LogP contribution in [0.5, 0.6) is 5.75 Å². The Morgan fingerprint density at radius 1 is 0.816 bits per heavy atom. The maximum Gasteiger partial charge on any atom is 0.404 e. The third-order valence-electron chi connectivity index (χ3n) is 7.21. The number of aliphatic imine (C=N–C) groups is 1. The molecule has 3 N–H and O–H groups in total. The molecule has 1 aliphatic rings. The van der Waals surface area contributed by atoms with E-state index in [0.717, 1.165) is 16.8 Å². The first-order chi connectivity index (χ1) is 23.9. The number of aryl methyl sites for hydroxylation is 1. The number of amides is 2. The van der Waals surface area contributed by atoms with Crippen LogP contribution in [0.4, 0.5) is 4.79 Å². The first-order valence-corrected chi connectivity index (χ1v) is 16.3. The van der Waals surface area contributed by atoms with E-state index in [4.69, 9.17) is 50.1 Å². The van der Waals surface area contributed by atoms with E-state index in [1.165, 1.54) is 0 Å². The van der Waals surface area contributed by atoms with E-state index < -0.39 is 12.1 Å². The van der Waals surface area contributed by atoms with Crippen LogP contribution in [-0.2, 0) is 28.5 Å². The standard InChI is InChI=1S/C33H43ClN6O9/c1-23-38-39-32-28(37-31(24-3-5-25(34)6-4-24)27-21-26(44-2)7-8-29(27)40(23)32)22-30(41)35-9-11-45-13-15-47-17-19-49-20-18-48-16-14-46-12-10-36-33(42)43/h3-8,21,28,36H,9-20,22H2,1-2H3,(H,35,41)(H,42,43)/t28-/m0/s1. The van der Waals surface area contributed by atoms with Crippen molar-refractivity contribution >= 4 is 29.3 Å². The van der Waals surface area contributed by atoms with Crippen molar-refractivity contribution in [2.75, 3.05) is 86.3 Å². The summed E-state index contributed by atoms with van der Waals surface area (Å²) < 4.78 is 34.6. The Labute approximate surface area is 289 Å². The zero-order valence-electron chi connectivity index (χ0n) is 27.7. The maximum absolute atomic E-state index is 13.1. The summed E-state index contributed by atoms with van der Waals surface area (Å²) in [6.07, 6.45) is -1.01. The number of benzene rings is 2. The molecular formula is C33H43ClN6O9. The highest BCUT2D eigenvalue weighted by Gasteiger charge is 2.30. The minimum absolute atomic E-state index is 0.0641. The topological polar surface area (TPSA) is 177 Å². The van der Waals surface area contributed by atoms with Crippen LogP contribution < -0.4 is 15.4 Å². The van der Waals surface area contributed by atoms with Gasteiger partial charge in [0.25, 0.3) is 0 Å². The smallest absolute Gasteiger partial charge is 0.404 e. The SMILES string of the molecule is COc1ccc2c(c1)C(c1ccc(Cl)cc1)=N[C@@H](CC(=O)NCCOCCOCCOCCOCCOCCNC(=O)O)c1nnc(C)n1-2. The Morgan fingerprint density at radius 3 is 1.96 bits per heavy atom. The Hall–Kier alpha value is -4.12. The van der Waals surface area contributed by atoms with Crippen LogP contribution in [0, 0.1) is 6.92 Å². The Balaban J connectivity index is 1.15. The summed E-state index contributed by atoms with van der Waals surface area (Å²) in [5.41, 5.74) is 3.21. The van der Waals surface area contributed by atoms with Gasteiger partial charge >= 0.3 is 6.09 Å². The molecule has 3 aromatic rings. The van der Waals surface area contributed by atoms with Crippen LogP contribution in [-0.4, -0.2) is 124 Å². The summed E-state index contributed by atoms with van der Waals surface area (Å²) in [5.74, 6) is 1.73. The fraction of sp³-hybridized carbons (Fsp3) is 0.485. The number of fused-ring (bicyclic) bond motifs is 3. The lowest BCUT2D eigenvalue weighted by atomic mass is 10.00. The molecule has 0 spiro atoms. The van der Waals surface area contributed by atoms with E-state index in [1.807, 2.05) is 54.0 Å². The van der Waals surface area contributed by atoms with Gasteiger partial charge in [-0.1, -0.05) is 23.7 Å². The van der Waals surface area contributed by atoms with Crippen molar-refractivity contribution in [3.05, 3.63) is 70.3 Å². The number of carboxylic acid groups (broad SMARTS) is 1. The number of hydrogen-bond donors (Lipinski definition) is 3. The third-order valence-corrected chi connectivity index (χ3v) is 7.46. The monoisotopic (exact) mass is 702 g/mol. The average molecular weight is 703 g/mol. The molecule has 49 heavy (non-hydrogen) atoms. The van der Waals surface area contributed by atoms with Crippen molar-refractivity contribution in [1.29, 1.82) is 0 Å². The van der Waals surface area contributed by atoms with Gasteiger partial charge < -0.3 is 44.2 Å². The number of halogens is 1. The Morgan fingerprint density at radius 2 is 1.39 bits per heavy atom. The number of rotatable bonds is 22. The highest BCUT2D eigenvalue weighted by atomic mass is 35.5. The zero-order chi connectivity index (χ0) is 34.8. The summed E-state index contributed by atoms with van der Waals surface area (Å²) >= 11 is 6.18. The van der Waals surface area contributed by atoms with Crippen LogP contribution in [0.3, 0.4) is 0 Å². The van der Waals surface area contributed by atoms with E-state index in [9.17, 15) is 9.59 Å². The van der Waals surface area contributed by atoms with E-state index in [2.05, 4.69) is 20.8 Å². The number of nitrogens with zero attached hydrogens (tertiary/aromatic N) is 4. The molecule has 266 valence electrons. The molecule has 0 bridgehead atoms. The number of carbonyl (C=O) groups is 2. The lowest BCUT2D eigenvalue weighted by Crippen LogP contribution is -2.29. The van der Waals surface area contributed by atoms with E-state index >= 15 is 0 Å². The lowest BCUT2D eigenvalue weighted by molar-refractivity contribution is -0.121. The fourth-order valence-corrected chi connectivity index (χ4v) is 5.03. The molecule has 2 heterocycles. The fourth-order valence-electron chi connectivity index (χ4n) is 4.90. The predicted molar refractivity (Wildman–Crippen MR) is 180 cm³/mol. The minimum Gasteiger partial charge on any atom is -0.497 e. The van der Waals surface area contributed by atoms with Crippen molar-refractivity contribution in [3.8, 4) is 11.4 Å². The van der Waals surface area contributed by atoms with Gasteiger partial charge in [-0.05, 0) is 37.3 Å². The molecule has 1 aromatic heterocycles. The van der Waals surface area contributed by atoms with Crippen molar-refractivity contribution in [3.63, 3.8) is 0 Å². The van der Waals surface area contributed by atoms with Crippen LogP contribution >= 0.6 is 11.6 Å². The highest BCUT2D eigenvalue weighted by molar-refractivity contribution is 6.30. The molecule has 0 saturated carbocycles. The van der Waals surface area contributed by atoms with E-state index in [-0.39, 0.29) is 18.9 Å². The molecular weight excluding hydrogens is 660 g/mol. The molecule has 0 aliphatic carbocycles. The summed E-state index contributed by atoms with van der Waals surface area (Å²) in [4.78, 5) is 28.5. The predicted octanol–water partition coefficient (Wildman–Crippen LogP) is 2.99. The normalized spacial score (nSPS) is 13.6. The molecule has 0 unspecified atom stereocenters. The molecule has 0 radical (unpaired) electrons. The number of carbonyl (C=O) groups excluding carboxylic acids is 1. The molecule has 2 aromatic carbocycles. The number of aromatic nitrogens is 3. The van der Waals surface area contributed by atoms with Gasteiger partial charge in [0.2, 0.25) is 5.91 Å². The highest BCUT2D eigenvalue weighted by Crippen LogP contribution is 2.34. The molecule has 2 amide bonds. The molecule has 0 fully saturated rings. The van der Waals surface area contributed by atoms with Crippen LogP contribution in [0.2, 0.25) is 5.02 Å². The van der Waals surface area contributed by atoms with Crippen LogP contribution in [0.15, 0.2) is 47.5 Å². The largest absolute Gasteiger partial charge is 0.497 e. The summed E-state index contributed by atoms with van der Waals surface area (Å²) in [7, 11) is 1.61. The van der Waals surface area contributed by atoms with Gasteiger partial charge in [-0.25, -0.2) is 4.79 Å². The average Bonchev–Trinajstić information content (AvgIpc) is 3.42. The second kappa shape index (κ2) is 20.4. The minimum atomic E-state index is -1.07. The van der Waals surface area contributed by atoms with Crippen molar-refractivity contribution in [2.45, 2.75) is 19.4 Å². The molecule has 0 saturated heterocycles. The summed E-state index contributed by atoms with van der Waals surface area (Å²) in [6.45, 7) is 6.30. The van der Waals surface area contributed by atoms with Gasteiger partial charge in [0.1, 0.15) is 17.6 Å². The third kappa shape index (κ3) is 12.1.